The van der Waals surface area contributed by atoms with Crippen LogP contribution in [-0.4, -0.2) is 20.2 Å². The molecular weight excluding hydrogens is 245 g/mol. The minimum absolute atomic E-state index is 0.141. The van der Waals surface area contributed by atoms with Gasteiger partial charge >= 0.3 is 0 Å². The van der Waals surface area contributed by atoms with E-state index in [1.807, 2.05) is 25.2 Å². The third kappa shape index (κ3) is 2.51. The molecule has 1 fully saturated rings. The summed E-state index contributed by atoms with van der Waals surface area (Å²) in [5.74, 6) is 0.516. The number of rotatable bonds is 3. The van der Waals surface area contributed by atoms with E-state index in [1.54, 1.807) is 0 Å². The van der Waals surface area contributed by atoms with Crippen LogP contribution in [0.3, 0.4) is 0 Å². The molecule has 16 heavy (non-hydrogen) atoms. The molecule has 1 saturated heterocycles. The molecule has 0 aliphatic carbocycles. The molecule has 0 radical (unpaired) electrons. The molecule has 2 unspecified atom stereocenters. The molecule has 0 saturated carbocycles. The lowest BCUT2D eigenvalue weighted by atomic mass is 9.95. The highest BCUT2D eigenvalue weighted by atomic mass is 35.5. The summed E-state index contributed by atoms with van der Waals surface area (Å²) in [7, 11) is 1.96. The van der Waals surface area contributed by atoms with E-state index in [2.05, 4.69) is 5.32 Å². The fourth-order valence-electron chi connectivity index (χ4n) is 2.16. The molecule has 1 aliphatic rings. The Morgan fingerprint density at radius 3 is 2.88 bits per heavy atom. The number of ether oxygens (including phenoxy) is 1. The van der Waals surface area contributed by atoms with E-state index in [9.17, 15) is 0 Å². The molecule has 1 aromatic carbocycles. The molecule has 2 nitrogen and oxygen atoms in total. The summed E-state index contributed by atoms with van der Waals surface area (Å²) < 4.78 is 5.76. The highest BCUT2D eigenvalue weighted by molar-refractivity contribution is 6.42. The first kappa shape index (κ1) is 12.2. The molecular formula is C12H15Cl2NO. The summed E-state index contributed by atoms with van der Waals surface area (Å²) in [5.41, 5.74) is 1.12. The summed E-state index contributed by atoms with van der Waals surface area (Å²) in [6.45, 7) is 1.78. The number of hydrogen-bond donors (Lipinski definition) is 1. The molecule has 0 bridgehead atoms. The molecule has 1 N–H and O–H groups in total. The molecule has 88 valence electrons. The second kappa shape index (κ2) is 5.37. The zero-order valence-electron chi connectivity index (χ0n) is 9.17. The molecule has 1 heterocycles. The third-order valence-electron chi connectivity index (χ3n) is 2.95. The Labute approximate surface area is 106 Å². The SMILES string of the molecule is CNCC1CCOC1c1ccc(Cl)c(Cl)c1. The van der Waals surface area contributed by atoms with Crippen molar-refractivity contribution >= 4 is 23.2 Å². The van der Waals surface area contributed by atoms with Crippen molar-refractivity contribution in [3.05, 3.63) is 33.8 Å². The first-order valence-corrected chi connectivity index (χ1v) is 6.19. The van der Waals surface area contributed by atoms with Crippen molar-refractivity contribution in [1.82, 2.24) is 5.32 Å². The van der Waals surface area contributed by atoms with Gasteiger partial charge in [0, 0.05) is 19.1 Å². The highest BCUT2D eigenvalue weighted by Gasteiger charge is 2.29. The van der Waals surface area contributed by atoms with E-state index in [-0.39, 0.29) is 6.10 Å². The van der Waals surface area contributed by atoms with Crippen molar-refractivity contribution in [2.75, 3.05) is 20.2 Å². The summed E-state index contributed by atoms with van der Waals surface area (Å²) in [6.07, 6.45) is 1.23. The molecule has 2 atom stereocenters. The van der Waals surface area contributed by atoms with Crippen LogP contribution in [0.2, 0.25) is 10.0 Å². The molecule has 2 rings (SSSR count). The van der Waals surface area contributed by atoms with Crippen molar-refractivity contribution in [2.24, 2.45) is 5.92 Å². The van der Waals surface area contributed by atoms with Crippen LogP contribution >= 0.6 is 23.2 Å². The van der Waals surface area contributed by atoms with Crippen molar-refractivity contribution in [2.45, 2.75) is 12.5 Å². The minimum atomic E-state index is 0.141. The van der Waals surface area contributed by atoms with Crippen molar-refractivity contribution in [3.63, 3.8) is 0 Å². The minimum Gasteiger partial charge on any atom is -0.373 e. The van der Waals surface area contributed by atoms with Gasteiger partial charge in [0.05, 0.1) is 16.1 Å². The van der Waals surface area contributed by atoms with Gasteiger partial charge in [-0.15, -0.1) is 0 Å². The second-order valence-electron chi connectivity index (χ2n) is 4.07. The fraction of sp³-hybridized carbons (Fsp3) is 0.500. The number of nitrogens with one attached hydrogen (secondary N) is 1. The lowest BCUT2D eigenvalue weighted by molar-refractivity contribution is 0.0910. The smallest absolute Gasteiger partial charge is 0.0866 e. The van der Waals surface area contributed by atoms with Gasteiger partial charge in [0.1, 0.15) is 0 Å². The molecule has 0 aromatic heterocycles. The molecule has 1 aliphatic heterocycles. The topological polar surface area (TPSA) is 21.3 Å². The zero-order valence-corrected chi connectivity index (χ0v) is 10.7. The summed E-state index contributed by atoms with van der Waals surface area (Å²) in [6, 6.07) is 5.73. The van der Waals surface area contributed by atoms with Gasteiger partial charge in [-0.25, -0.2) is 0 Å². The highest BCUT2D eigenvalue weighted by Crippen LogP contribution is 2.36. The van der Waals surface area contributed by atoms with Crippen LogP contribution in [0.25, 0.3) is 0 Å². The maximum absolute atomic E-state index is 6.01. The largest absolute Gasteiger partial charge is 0.373 e. The normalized spacial score (nSPS) is 24.9. The molecule has 0 spiro atoms. The molecule has 4 heteroatoms. The van der Waals surface area contributed by atoms with Gasteiger partial charge in [0.2, 0.25) is 0 Å². The Bertz CT molecular complexity index is 370. The Morgan fingerprint density at radius 2 is 2.19 bits per heavy atom. The average molecular weight is 260 g/mol. The van der Waals surface area contributed by atoms with Crippen LogP contribution in [0.5, 0.6) is 0 Å². The van der Waals surface area contributed by atoms with Gasteiger partial charge in [0.25, 0.3) is 0 Å². The first-order chi connectivity index (χ1) is 7.72. The first-order valence-electron chi connectivity index (χ1n) is 5.43. The third-order valence-corrected chi connectivity index (χ3v) is 3.69. The Hall–Kier alpha value is -0.280. The quantitative estimate of drug-likeness (QED) is 0.900. The monoisotopic (exact) mass is 259 g/mol. The lowest BCUT2D eigenvalue weighted by Gasteiger charge is -2.18. The van der Waals surface area contributed by atoms with E-state index < -0.39 is 0 Å². The standard InChI is InChI=1S/C12H15Cl2NO/c1-15-7-9-4-5-16-12(9)8-2-3-10(13)11(14)6-8/h2-3,6,9,12,15H,4-5,7H2,1H3. The van der Waals surface area contributed by atoms with Gasteiger partial charge < -0.3 is 10.1 Å². The van der Waals surface area contributed by atoms with E-state index >= 15 is 0 Å². The fourth-order valence-corrected chi connectivity index (χ4v) is 2.47. The predicted octanol–water partition coefficient (Wildman–Crippen LogP) is 3.29. The van der Waals surface area contributed by atoms with Crippen LogP contribution in [0.15, 0.2) is 18.2 Å². The van der Waals surface area contributed by atoms with E-state index in [0.29, 0.717) is 16.0 Å². The van der Waals surface area contributed by atoms with E-state index in [0.717, 1.165) is 25.1 Å². The van der Waals surface area contributed by atoms with Crippen molar-refractivity contribution in [1.29, 1.82) is 0 Å². The van der Waals surface area contributed by atoms with Crippen LogP contribution in [0, 0.1) is 5.92 Å². The number of hydrogen-bond acceptors (Lipinski definition) is 2. The predicted molar refractivity (Wildman–Crippen MR) is 67.2 cm³/mol. The van der Waals surface area contributed by atoms with Gasteiger partial charge in [-0.1, -0.05) is 29.3 Å². The second-order valence-corrected chi connectivity index (χ2v) is 4.89. The Balaban J connectivity index is 2.19. The van der Waals surface area contributed by atoms with Crippen molar-refractivity contribution in [3.8, 4) is 0 Å². The Kier molecular flexibility index (Phi) is 4.09. The van der Waals surface area contributed by atoms with Gasteiger partial charge in [-0.2, -0.15) is 0 Å². The summed E-state index contributed by atoms with van der Waals surface area (Å²) >= 11 is 11.9. The maximum atomic E-state index is 6.01. The van der Waals surface area contributed by atoms with Gasteiger partial charge in [-0.05, 0) is 31.2 Å². The summed E-state index contributed by atoms with van der Waals surface area (Å²) in [4.78, 5) is 0. The van der Waals surface area contributed by atoms with Crippen LogP contribution in [0.4, 0.5) is 0 Å². The van der Waals surface area contributed by atoms with Gasteiger partial charge in [-0.3, -0.25) is 0 Å². The van der Waals surface area contributed by atoms with Gasteiger partial charge in [0.15, 0.2) is 0 Å². The van der Waals surface area contributed by atoms with Crippen LogP contribution < -0.4 is 5.32 Å². The average Bonchev–Trinajstić information content (AvgIpc) is 2.71. The lowest BCUT2D eigenvalue weighted by Crippen LogP contribution is -2.21. The summed E-state index contributed by atoms with van der Waals surface area (Å²) in [5, 5.41) is 4.38. The van der Waals surface area contributed by atoms with E-state index in [1.165, 1.54) is 0 Å². The molecule has 1 aromatic rings. The number of benzene rings is 1. The van der Waals surface area contributed by atoms with E-state index in [4.69, 9.17) is 27.9 Å². The van der Waals surface area contributed by atoms with Crippen LogP contribution in [-0.2, 0) is 4.74 Å². The van der Waals surface area contributed by atoms with Crippen LogP contribution in [0.1, 0.15) is 18.1 Å². The number of halogens is 2. The molecule has 0 amide bonds. The Morgan fingerprint density at radius 1 is 1.38 bits per heavy atom. The maximum Gasteiger partial charge on any atom is 0.0866 e. The zero-order chi connectivity index (χ0) is 11.5. The van der Waals surface area contributed by atoms with Crippen molar-refractivity contribution < 1.29 is 4.74 Å².